The van der Waals surface area contributed by atoms with E-state index in [9.17, 15) is 19.7 Å². The first-order chi connectivity index (χ1) is 11.1. The number of esters is 1. The summed E-state index contributed by atoms with van der Waals surface area (Å²) in [4.78, 5) is 35.7. The van der Waals surface area contributed by atoms with Gasteiger partial charge in [0, 0.05) is 18.2 Å². The molecule has 0 saturated carbocycles. The lowest BCUT2D eigenvalue weighted by molar-refractivity contribution is -0.385. The molecule has 0 atom stereocenters. The van der Waals surface area contributed by atoms with Crippen molar-refractivity contribution in [3.05, 3.63) is 39.4 Å². The molecule has 0 saturated heterocycles. The summed E-state index contributed by atoms with van der Waals surface area (Å²) in [6.07, 6.45) is -0.559. The third-order valence-corrected chi connectivity index (χ3v) is 3.10. The van der Waals surface area contributed by atoms with E-state index >= 15 is 0 Å². The Morgan fingerprint density at radius 3 is 2.38 bits per heavy atom. The highest BCUT2D eigenvalue weighted by atomic mass is 16.6. The van der Waals surface area contributed by atoms with Gasteiger partial charge in [0.1, 0.15) is 5.60 Å². The minimum atomic E-state index is -0.663. The topological polar surface area (TPSA) is 99.0 Å². The Balaban J connectivity index is 3.09. The Hall–Kier alpha value is -2.64. The number of ether oxygens (including phenoxy) is 2. The molecule has 0 radical (unpaired) electrons. The zero-order chi connectivity index (χ0) is 18.5. The van der Waals surface area contributed by atoms with Gasteiger partial charge in [-0.3, -0.25) is 10.1 Å². The summed E-state index contributed by atoms with van der Waals surface area (Å²) in [5.74, 6) is -0.663. The standard InChI is InChI=1S/C16H22N2O6/c1-6-17(15(20)24-16(2,3)4)10-12-8-7-11(14(19)23-5)9-13(12)18(21)22/h7-9H,6,10H2,1-5H3. The number of amides is 1. The smallest absolute Gasteiger partial charge is 0.410 e. The van der Waals surface area contributed by atoms with E-state index in [0.29, 0.717) is 12.1 Å². The van der Waals surface area contributed by atoms with Crippen molar-refractivity contribution >= 4 is 17.7 Å². The Labute approximate surface area is 140 Å². The fourth-order valence-electron chi connectivity index (χ4n) is 1.95. The SMILES string of the molecule is CCN(Cc1ccc(C(=O)OC)cc1[N+](=O)[O-])C(=O)OC(C)(C)C. The van der Waals surface area contributed by atoms with Crippen molar-refractivity contribution in [2.24, 2.45) is 0 Å². The quantitative estimate of drug-likeness (QED) is 0.464. The molecule has 8 nitrogen and oxygen atoms in total. The van der Waals surface area contributed by atoms with Crippen LogP contribution in [0.3, 0.4) is 0 Å². The summed E-state index contributed by atoms with van der Waals surface area (Å²) in [5.41, 5.74) is -0.529. The van der Waals surface area contributed by atoms with Gasteiger partial charge < -0.3 is 14.4 Å². The maximum atomic E-state index is 12.2. The number of carbonyl (C=O) groups excluding carboxylic acids is 2. The van der Waals surface area contributed by atoms with Crippen LogP contribution in [0.5, 0.6) is 0 Å². The van der Waals surface area contributed by atoms with Gasteiger partial charge in [0.25, 0.3) is 5.69 Å². The molecule has 0 heterocycles. The van der Waals surface area contributed by atoms with Crippen LogP contribution in [-0.2, 0) is 16.0 Å². The summed E-state index contributed by atoms with van der Waals surface area (Å²) in [6.45, 7) is 7.30. The van der Waals surface area contributed by atoms with Crippen molar-refractivity contribution in [2.45, 2.75) is 39.8 Å². The molecule has 0 aliphatic rings. The molecule has 8 heteroatoms. The van der Waals surface area contributed by atoms with E-state index in [1.54, 1.807) is 27.7 Å². The maximum absolute atomic E-state index is 12.2. The van der Waals surface area contributed by atoms with Gasteiger partial charge in [0.05, 0.1) is 24.1 Å². The van der Waals surface area contributed by atoms with Crippen LogP contribution >= 0.6 is 0 Å². The summed E-state index contributed by atoms with van der Waals surface area (Å²) >= 11 is 0. The van der Waals surface area contributed by atoms with Crippen molar-refractivity contribution in [3.63, 3.8) is 0 Å². The second-order valence-corrected chi connectivity index (χ2v) is 6.09. The van der Waals surface area contributed by atoms with Crippen LogP contribution in [0.25, 0.3) is 0 Å². The lowest BCUT2D eigenvalue weighted by Crippen LogP contribution is -2.36. The lowest BCUT2D eigenvalue weighted by atomic mass is 10.1. The van der Waals surface area contributed by atoms with E-state index < -0.39 is 22.6 Å². The second kappa shape index (κ2) is 7.76. The zero-order valence-corrected chi connectivity index (χ0v) is 14.5. The van der Waals surface area contributed by atoms with Crippen molar-refractivity contribution in [1.82, 2.24) is 4.90 Å². The Morgan fingerprint density at radius 2 is 1.92 bits per heavy atom. The van der Waals surface area contributed by atoms with E-state index in [4.69, 9.17) is 4.74 Å². The van der Waals surface area contributed by atoms with E-state index in [-0.39, 0.29) is 17.8 Å². The number of carbonyl (C=O) groups is 2. The third-order valence-electron chi connectivity index (χ3n) is 3.10. The van der Waals surface area contributed by atoms with Crippen molar-refractivity contribution in [1.29, 1.82) is 0 Å². The van der Waals surface area contributed by atoms with Gasteiger partial charge in [-0.1, -0.05) is 0 Å². The Morgan fingerprint density at radius 1 is 1.29 bits per heavy atom. The molecule has 1 rings (SSSR count). The van der Waals surface area contributed by atoms with Crippen LogP contribution in [0.4, 0.5) is 10.5 Å². The number of nitro groups is 1. The number of methoxy groups -OCH3 is 1. The molecule has 132 valence electrons. The van der Waals surface area contributed by atoms with Gasteiger partial charge in [-0.05, 0) is 39.8 Å². The highest BCUT2D eigenvalue weighted by molar-refractivity contribution is 5.90. The molecule has 0 N–H and O–H groups in total. The Bertz CT molecular complexity index is 636. The van der Waals surface area contributed by atoms with Crippen LogP contribution in [0.15, 0.2) is 18.2 Å². The fourth-order valence-corrected chi connectivity index (χ4v) is 1.95. The lowest BCUT2D eigenvalue weighted by Gasteiger charge is -2.26. The highest BCUT2D eigenvalue weighted by Gasteiger charge is 2.25. The number of hydrogen-bond acceptors (Lipinski definition) is 6. The number of nitro benzene ring substituents is 1. The summed E-state index contributed by atoms with van der Waals surface area (Å²) in [7, 11) is 1.20. The first-order valence-electron chi connectivity index (χ1n) is 7.42. The van der Waals surface area contributed by atoms with Crippen LogP contribution in [0.1, 0.15) is 43.6 Å². The first-order valence-corrected chi connectivity index (χ1v) is 7.42. The van der Waals surface area contributed by atoms with E-state index in [2.05, 4.69) is 4.74 Å². The molecule has 1 amide bonds. The minimum absolute atomic E-state index is 0.00315. The van der Waals surface area contributed by atoms with E-state index in [0.717, 1.165) is 6.07 Å². The molecule has 0 bridgehead atoms. The van der Waals surface area contributed by atoms with E-state index in [1.165, 1.54) is 24.1 Å². The van der Waals surface area contributed by atoms with Gasteiger partial charge in [-0.2, -0.15) is 0 Å². The fraction of sp³-hybridized carbons (Fsp3) is 0.500. The zero-order valence-electron chi connectivity index (χ0n) is 14.5. The van der Waals surface area contributed by atoms with Crippen LogP contribution in [0.2, 0.25) is 0 Å². The second-order valence-electron chi connectivity index (χ2n) is 6.09. The van der Waals surface area contributed by atoms with Crippen molar-refractivity contribution in [2.75, 3.05) is 13.7 Å². The predicted molar refractivity (Wildman–Crippen MR) is 86.8 cm³/mol. The number of hydrogen-bond donors (Lipinski definition) is 0. The molecular formula is C16H22N2O6. The molecule has 24 heavy (non-hydrogen) atoms. The monoisotopic (exact) mass is 338 g/mol. The average Bonchev–Trinajstić information content (AvgIpc) is 2.49. The summed E-state index contributed by atoms with van der Waals surface area (Å²) < 4.78 is 9.85. The first kappa shape index (κ1) is 19.4. The molecule has 0 unspecified atom stereocenters. The largest absolute Gasteiger partial charge is 0.465 e. The highest BCUT2D eigenvalue weighted by Crippen LogP contribution is 2.23. The van der Waals surface area contributed by atoms with Gasteiger partial charge in [-0.25, -0.2) is 9.59 Å². The van der Waals surface area contributed by atoms with Crippen LogP contribution < -0.4 is 0 Å². The van der Waals surface area contributed by atoms with Gasteiger partial charge in [0.2, 0.25) is 0 Å². The third kappa shape index (κ3) is 5.22. The van der Waals surface area contributed by atoms with Crippen molar-refractivity contribution in [3.8, 4) is 0 Å². The minimum Gasteiger partial charge on any atom is -0.465 e. The van der Waals surface area contributed by atoms with Crippen molar-refractivity contribution < 1.29 is 24.0 Å². The van der Waals surface area contributed by atoms with Crippen LogP contribution in [0, 0.1) is 10.1 Å². The van der Waals surface area contributed by atoms with Gasteiger partial charge in [0.15, 0.2) is 0 Å². The van der Waals surface area contributed by atoms with E-state index in [1.807, 2.05) is 0 Å². The van der Waals surface area contributed by atoms with Gasteiger partial charge in [-0.15, -0.1) is 0 Å². The summed E-state index contributed by atoms with van der Waals surface area (Å²) in [5, 5.41) is 11.3. The number of nitrogens with zero attached hydrogens (tertiary/aromatic N) is 2. The Kier molecular flexibility index (Phi) is 6.27. The molecular weight excluding hydrogens is 316 g/mol. The molecule has 0 aliphatic heterocycles. The maximum Gasteiger partial charge on any atom is 0.410 e. The molecule has 0 aliphatic carbocycles. The number of benzene rings is 1. The molecule has 1 aromatic carbocycles. The van der Waals surface area contributed by atoms with Gasteiger partial charge >= 0.3 is 12.1 Å². The molecule has 1 aromatic rings. The molecule has 0 fully saturated rings. The van der Waals surface area contributed by atoms with Crippen LogP contribution in [-0.4, -0.2) is 41.1 Å². The normalized spacial score (nSPS) is 10.9. The average molecular weight is 338 g/mol. The molecule has 0 aromatic heterocycles. The predicted octanol–water partition coefficient (Wildman–Crippen LogP) is 3.14. The molecule has 0 spiro atoms. The number of rotatable bonds is 5. The summed E-state index contributed by atoms with van der Waals surface area (Å²) in [6, 6.07) is 4.01.